The van der Waals surface area contributed by atoms with Crippen LogP contribution in [0.4, 0.5) is 0 Å². The van der Waals surface area contributed by atoms with Gasteiger partial charge < -0.3 is 10.6 Å². The molecule has 0 amide bonds. The maximum Gasteiger partial charge on any atom is 0.191 e. The fourth-order valence-electron chi connectivity index (χ4n) is 2.16. The van der Waals surface area contributed by atoms with Crippen LogP contribution in [0.5, 0.6) is 0 Å². The highest BCUT2D eigenvalue weighted by atomic mass is 35.5. The number of guanidine groups is 1. The molecular weight excluding hydrogens is 336 g/mol. The van der Waals surface area contributed by atoms with Crippen LogP contribution < -0.4 is 5.73 Å². The molecule has 3 rings (SSSR count). The summed E-state index contributed by atoms with van der Waals surface area (Å²) in [6.07, 6.45) is 1.87. The second kappa shape index (κ2) is 7.35. The number of hydrogen-bond acceptors (Lipinski definition) is 4. The summed E-state index contributed by atoms with van der Waals surface area (Å²) in [5.74, 6) is 2.89. The predicted octanol–water partition coefficient (Wildman–Crippen LogP) is 3.33. The van der Waals surface area contributed by atoms with E-state index in [1.54, 1.807) is 11.3 Å². The van der Waals surface area contributed by atoms with Gasteiger partial charge in [0, 0.05) is 46.3 Å². The fourth-order valence-corrected chi connectivity index (χ4v) is 4.03. The largest absolute Gasteiger partial charge is 0.370 e. The van der Waals surface area contributed by atoms with Crippen molar-refractivity contribution in [3.8, 4) is 10.6 Å². The Labute approximate surface area is 143 Å². The molecule has 1 saturated heterocycles. The molecule has 0 unspecified atom stereocenters. The van der Waals surface area contributed by atoms with Gasteiger partial charge in [-0.25, -0.2) is 9.98 Å². The molecule has 2 heterocycles. The van der Waals surface area contributed by atoms with E-state index >= 15 is 0 Å². The SMILES string of the molecule is NC(=NCc1cnc(-c2ccc(Cl)cc2)s1)N1CCSCC1. The molecule has 1 aromatic heterocycles. The topological polar surface area (TPSA) is 54.5 Å². The van der Waals surface area contributed by atoms with Gasteiger partial charge in [0.05, 0.1) is 6.54 Å². The molecule has 0 aliphatic carbocycles. The third-order valence-electron chi connectivity index (χ3n) is 3.38. The number of nitrogens with two attached hydrogens (primary N) is 1. The minimum absolute atomic E-state index is 0.584. The van der Waals surface area contributed by atoms with Crippen molar-refractivity contribution in [3.05, 3.63) is 40.4 Å². The Morgan fingerprint density at radius 3 is 2.73 bits per heavy atom. The van der Waals surface area contributed by atoms with E-state index in [9.17, 15) is 0 Å². The molecule has 0 spiro atoms. The minimum Gasteiger partial charge on any atom is -0.370 e. The lowest BCUT2D eigenvalue weighted by Gasteiger charge is -2.27. The van der Waals surface area contributed by atoms with Gasteiger partial charge in [0.15, 0.2) is 5.96 Å². The lowest BCUT2D eigenvalue weighted by molar-refractivity contribution is 0.456. The van der Waals surface area contributed by atoms with E-state index in [0.717, 1.165) is 45.1 Å². The van der Waals surface area contributed by atoms with Crippen LogP contribution in [-0.4, -0.2) is 40.4 Å². The number of thiazole rings is 1. The lowest BCUT2D eigenvalue weighted by atomic mass is 10.2. The van der Waals surface area contributed by atoms with E-state index in [-0.39, 0.29) is 0 Å². The lowest BCUT2D eigenvalue weighted by Crippen LogP contribution is -2.42. The van der Waals surface area contributed by atoms with Gasteiger partial charge >= 0.3 is 0 Å². The minimum atomic E-state index is 0.584. The molecule has 2 aromatic rings. The molecule has 1 aliphatic rings. The first-order valence-electron chi connectivity index (χ1n) is 7.05. The molecule has 22 heavy (non-hydrogen) atoms. The summed E-state index contributed by atoms with van der Waals surface area (Å²) in [4.78, 5) is 12.2. The Kier molecular flexibility index (Phi) is 5.23. The van der Waals surface area contributed by atoms with E-state index in [1.165, 1.54) is 0 Å². The molecule has 4 nitrogen and oxygen atoms in total. The Balaban J connectivity index is 1.65. The van der Waals surface area contributed by atoms with Crippen molar-refractivity contribution in [3.63, 3.8) is 0 Å². The molecule has 1 fully saturated rings. The van der Waals surface area contributed by atoms with E-state index < -0.39 is 0 Å². The molecule has 0 bridgehead atoms. The Bertz CT molecular complexity index is 648. The molecule has 116 valence electrons. The van der Waals surface area contributed by atoms with Crippen molar-refractivity contribution in [1.29, 1.82) is 0 Å². The quantitative estimate of drug-likeness (QED) is 0.680. The second-order valence-electron chi connectivity index (χ2n) is 4.91. The maximum absolute atomic E-state index is 6.07. The number of benzene rings is 1. The molecule has 2 N–H and O–H groups in total. The number of rotatable bonds is 3. The van der Waals surface area contributed by atoms with Crippen LogP contribution in [0, 0.1) is 0 Å². The first-order valence-corrected chi connectivity index (χ1v) is 9.40. The average Bonchev–Trinajstić information content (AvgIpc) is 3.03. The molecule has 0 saturated carbocycles. The van der Waals surface area contributed by atoms with Gasteiger partial charge in [0.2, 0.25) is 0 Å². The molecular formula is C15H17ClN4S2. The van der Waals surface area contributed by atoms with Crippen LogP contribution in [0.1, 0.15) is 4.88 Å². The zero-order chi connectivity index (χ0) is 15.4. The van der Waals surface area contributed by atoms with Crippen LogP contribution in [0.3, 0.4) is 0 Å². The highest BCUT2D eigenvalue weighted by Crippen LogP contribution is 2.26. The third kappa shape index (κ3) is 3.94. The van der Waals surface area contributed by atoms with Crippen molar-refractivity contribution < 1.29 is 0 Å². The van der Waals surface area contributed by atoms with E-state index in [1.807, 2.05) is 42.2 Å². The zero-order valence-electron chi connectivity index (χ0n) is 12.0. The van der Waals surface area contributed by atoms with Gasteiger partial charge in [0.25, 0.3) is 0 Å². The van der Waals surface area contributed by atoms with E-state index in [4.69, 9.17) is 17.3 Å². The summed E-state index contributed by atoms with van der Waals surface area (Å²) in [7, 11) is 0. The summed E-state index contributed by atoms with van der Waals surface area (Å²) < 4.78 is 0. The number of nitrogens with zero attached hydrogens (tertiary/aromatic N) is 3. The first-order chi connectivity index (χ1) is 10.7. The van der Waals surface area contributed by atoms with Crippen LogP contribution in [0.2, 0.25) is 5.02 Å². The average molecular weight is 353 g/mol. The van der Waals surface area contributed by atoms with Crippen LogP contribution in [-0.2, 0) is 6.54 Å². The van der Waals surface area contributed by atoms with E-state index in [2.05, 4.69) is 14.9 Å². The highest BCUT2D eigenvalue weighted by molar-refractivity contribution is 7.99. The first kappa shape index (κ1) is 15.6. The molecule has 1 aliphatic heterocycles. The fraction of sp³-hybridized carbons (Fsp3) is 0.333. The summed E-state index contributed by atoms with van der Waals surface area (Å²) in [5.41, 5.74) is 7.14. The summed E-state index contributed by atoms with van der Waals surface area (Å²) in [5, 5.41) is 1.72. The van der Waals surface area contributed by atoms with Gasteiger partial charge in [-0.2, -0.15) is 11.8 Å². The maximum atomic E-state index is 6.07. The zero-order valence-corrected chi connectivity index (χ0v) is 14.4. The normalized spacial score (nSPS) is 16.0. The number of hydrogen-bond donors (Lipinski definition) is 1. The predicted molar refractivity (Wildman–Crippen MR) is 96.8 cm³/mol. The molecule has 7 heteroatoms. The van der Waals surface area contributed by atoms with Crippen molar-refractivity contribution in [1.82, 2.24) is 9.88 Å². The molecule has 0 atom stereocenters. The van der Waals surface area contributed by atoms with Crippen LogP contribution in [0.15, 0.2) is 35.5 Å². The van der Waals surface area contributed by atoms with E-state index in [0.29, 0.717) is 12.5 Å². The summed E-state index contributed by atoms with van der Waals surface area (Å²) >= 11 is 9.51. The number of aliphatic imine (C=N–C) groups is 1. The van der Waals surface area contributed by atoms with Crippen LogP contribution in [0.25, 0.3) is 10.6 Å². The Morgan fingerprint density at radius 1 is 1.27 bits per heavy atom. The monoisotopic (exact) mass is 352 g/mol. The van der Waals surface area contributed by atoms with Gasteiger partial charge in [-0.1, -0.05) is 23.7 Å². The van der Waals surface area contributed by atoms with Crippen molar-refractivity contribution in [2.45, 2.75) is 6.54 Å². The third-order valence-corrected chi connectivity index (χ3v) is 5.60. The standard InChI is InChI=1S/C15H17ClN4S2/c16-12-3-1-11(2-4-12)14-18-9-13(22-14)10-19-15(17)20-5-7-21-8-6-20/h1-4,9H,5-8,10H2,(H2,17,19). The summed E-state index contributed by atoms with van der Waals surface area (Å²) in [6.45, 7) is 2.55. The van der Waals surface area contributed by atoms with Gasteiger partial charge in [-0.3, -0.25) is 0 Å². The second-order valence-corrected chi connectivity index (χ2v) is 7.69. The van der Waals surface area contributed by atoms with Gasteiger partial charge in [0.1, 0.15) is 5.01 Å². The van der Waals surface area contributed by atoms with Gasteiger partial charge in [-0.05, 0) is 12.1 Å². The van der Waals surface area contributed by atoms with Crippen molar-refractivity contribution >= 4 is 40.7 Å². The Morgan fingerprint density at radius 2 is 2.00 bits per heavy atom. The van der Waals surface area contributed by atoms with Crippen LogP contribution >= 0.6 is 34.7 Å². The number of thioether (sulfide) groups is 1. The Hall–Kier alpha value is -1.24. The highest BCUT2D eigenvalue weighted by Gasteiger charge is 2.12. The number of aromatic nitrogens is 1. The van der Waals surface area contributed by atoms with Crippen molar-refractivity contribution in [2.75, 3.05) is 24.6 Å². The summed E-state index contributed by atoms with van der Waals surface area (Å²) in [6, 6.07) is 7.72. The molecule has 1 aromatic carbocycles. The molecule has 0 radical (unpaired) electrons. The van der Waals surface area contributed by atoms with Gasteiger partial charge in [-0.15, -0.1) is 11.3 Å². The van der Waals surface area contributed by atoms with Crippen molar-refractivity contribution in [2.24, 2.45) is 10.7 Å². The smallest absolute Gasteiger partial charge is 0.191 e. The number of halogens is 1.